The van der Waals surface area contributed by atoms with Crippen molar-refractivity contribution in [2.75, 3.05) is 45.1 Å². The Bertz CT molecular complexity index is 572. The van der Waals surface area contributed by atoms with Gasteiger partial charge in [-0.05, 0) is 32.2 Å². The highest BCUT2D eigenvalue weighted by Crippen LogP contribution is 2.31. The Hall–Kier alpha value is -1.78. The molecule has 1 heterocycles. The van der Waals surface area contributed by atoms with E-state index >= 15 is 0 Å². The number of rotatable bonds is 4. The molecule has 7 heteroatoms. The number of halogens is 3. The van der Waals surface area contributed by atoms with Gasteiger partial charge in [-0.3, -0.25) is 4.90 Å². The number of nitriles is 1. The highest BCUT2D eigenvalue weighted by molar-refractivity contribution is 5.59. The number of likely N-dealkylation sites (N-methyl/N-ethyl adjacent to an activating group) is 1. The van der Waals surface area contributed by atoms with E-state index in [0.717, 1.165) is 38.3 Å². The number of piperazine rings is 1. The Kier molecular flexibility index (Phi) is 5.50. The molecule has 4 nitrogen and oxygen atoms in total. The third-order valence-corrected chi connectivity index (χ3v) is 4.22. The van der Waals surface area contributed by atoms with Gasteiger partial charge in [0.1, 0.15) is 6.07 Å². The van der Waals surface area contributed by atoms with Gasteiger partial charge < -0.3 is 10.2 Å². The molecular weight excluding hydrogens is 305 g/mol. The molecule has 1 atom stereocenters. The summed E-state index contributed by atoms with van der Waals surface area (Å²) in [7, 11) is 2.08. The molecule has 0 spiro atoms. The summed E-state index contributed by atoms with van der Waals surface area (Å²) < 4.78 is 38.1. The van der Waals surface area contributed by atoms with E-state index in [0.29, 0.717) is 12.2 Å². The number of nitrogens with zero attached hydrogens (tertiary/aromatic N) is 3. The van der Waals surface area contributed by atoms with Crippen molar-refractivity contribution in [2.45, 2.75) is 19.1 Å². The molecule has 2 rings (SSSR count). The quantitative estimate of drug-likeness (QED) is 0.924. The third-order valence-electron chi connectivity index (χ3n) is 4.22. The molecule has 0 bridgehead atoms. The highest BCUT2D eigenvalue weighted by atomic mass is 19.4. The molecule has 1 aromatic carbocycles. The van der Waals surface area contributed by atoms with Crippen LogP contribution < -0.4 is 5.32 Å². The molecule has 1 unspecified atom stereocenters. The number of hydrogen-bond donors (Lipinski definition) is 1. The molecule has 1 aliphatic rings. The normalized spacial score (nSPS) is 18.4. The van der Waals surface area contributed by atoms with Crippen LogP contribution in [0.25, 0.3) is 0 Å². The van der Waals surface area contributed by atoms with Crippen molar-refractivity contribution < 1.29 is 13.2 Å². The van der Waals surface area contributed by atoms with E-state index in [1.54, 1.807) is 0 Å². The summed E-state index contributed by atoms with van der Waals surface area (Å²) in [5.41, 5.74) is -0.335. The zero-order valence-corrected chi connectivity index (χ0v) is 13.3. The predicted molar refractivity (Wildman–Crippen MR) is 83.2 cm³/mol. The maximum Gasteiger partial charge on any atom is 0.416 e. The minimum Gasteiger partial charge on any atom is -0.382 e. The lowest BCUT2D eigenvalue weighted by atomic mass is 10.1. The minimum absolute atomic E-state index is 0.0189. The molecule has 0 aromatic heterocycles. The summed E-state index contributed by atoms with van der Waals surface area (Å²) in [6.07, 6.45) is -4.43. The van der Waals surface area contributed by atoms with Gasteiger partial charge >= 0.3 is 6.18 Å². The zero-order chi connectivity index (χ0) is 17.0. The van der Waals surface area contributed by atoms with Crippen molar-refractivity contribution in [3.63, 3.8) is 0 Å². The summed E-state index contributed by atoms with van der Waals surface area (Å²) in [5.74, 6) is 0. The SMILES string of the molecule is CC(CNc1ccc(C(F)(F)F)cc1C#N)N1CCN(C)CC1. The van der Waals surface area contributed by atoms with Crippen LogP contribution in [0.5, 0.6) is 0 Å². The Labute approximate surface area is 134 Å². The van der Waals surface area contributed by atoms with Gasteiger partial charge in [-0.2, -0.15) is 18.4 Å². The first-order valence-corrected chi connectivity index (χ1v) is 7.59. The van der Waals surface area contributed by atoms with Gasteiger partial charge in [-0.15, -0.1) is 0 Å². The van der Waals surface area contributed by atoms with E-state index in [1.165, 1.54) is 6.07 Å². The molecule has 1 saturated heterocycles. The summed E-state index contributed by atoms with van der Waals surface area (Å²) in [6.45, 7) is 6.62. The summed E-state index contributed by atoms with van der Waals surface area (Å²) in [6, 6.07) is 5.31. The van der Waals surface area contributed by atoms with Crippen LogP contribution in [-0.2, 0) is 6.18 Å². The second kappa shape index (κ2) is 7.20. The van der Waals surface area contributed by atoms with Gasteiger partial charge in [0.2, 0.25) is 0 Å². The Morgan fingerprint density at radius 1 is 1.26 bits per heavy atom. The summed E-state index contributed by atoms with van der Waals surface area (Å²) >= 11 is 0. The van der Waals surface area contributed by atoms with E-state index in [2.05, 4.69) is 29.1 Å². The van der Waals surface area contributed by atoms with Gasteiger partial charge in [-0.25, -0.2) is 0 Å². The Morgan fingerprint density at radius 2 is 1.91 bits per heavy atom. The zero-order valence-electron chi connectivity index (χ0n) is 13.3. The number of anilines is 1. The van der Waals surface area contributed by atoms with Crippen LogP contribution in [0.1, 0.15) is 18.1 Å². The first kappa shape index (κ1) is 17.6. The molecule has 126 valence electrons. The largest absolute Gasteiger partial charge is 0.416 e. The van der Waals surface area contributed by atoms with E-state index in [-0.39, 0.29) is 11.6 Å². The van der Waals surface area contributed by atoms with Crippen molar-refractivity contribution in [3.05, 3.63) is 29.3 Å². The second-order valence-electron chi connectivity index (χ2n) is 5.94. The molecule has 23 heavy (non-hydrogen) atoms. The Morgan fingerprint density at radius 3 is 2.48 bits per heavy atom. The van der Waals surface area contributed by atoms with Crippen LogP contribution in [-0.4, -0.2) is 55.6 Å². The van der Waals surface area contributed by atoms with Crippen LogP contribution >= 0.6 is 0 Å². The molecule has 0 amide bonds. The van der Waals surface area contributed by atoms with Crippen molar-refractivity contribution in [2.24, 2.45) is 0 Å². The number of nitrogens with one attached hydrogen (secondary N) is 1. The molecular formula is C16H21F3N4. The molecule has 0 radical (unpaired) electrons. The van der Waals surface area contributed by atoms with Crippen LogP contribution in [0.2, 0.25) is 0 Å². The summed E-state index contributed by atoms with van der Waals surface area (Å²) in [5, 5.41) is 12.2. The van der Waals surface area contributed by atoms with Crippen LogP contribution in [0.15, 0.2) is 18.2 Å². The Balaban J connectivity index is 1.99. The van der Waals surface area contributed by atoms with Crippen LogP contribution in [0, 0.1) is 11.3 Å². The molecule has 1 aliphatic heterocycles. The molecule has 1 fully saturated rings. The second-order valence-corrected chi connectivity index (χ2v) is 5.94. The standard InChI is InChI=1S/C16H21F3N4/c1-12(23-7-5-22(2)6-8-23)11-21-15-4-3-14(16(17,18)19)9-13(15)10-20/h3-4,9,12,21H,5-8,11H2,1-2H3. The third kappa shape index (κ3) is 4.60. The first-order valence-electron chi connectivity index (χ1n) is 7.59. The number of benzene rings is 1. The fourth-order valence-electron chi connectivity index (χ4n) is 2.62. The first-order chi connectivity index (χ1) is 10.8. The maximum absolute atomic E-state index is 12.7. The lowest BCUT2D eigenvalue weighted by Crippen LogP contribution is -2.49. The van der Waals surface area contributed by atoms with Crippen LogP contribution in [0.3, 0.4) is 0 Å². The van der Waals surface area contributed by atoms with Crippen LogP contribution in [0.4, 0.5) is 18.9 Å². The average Bonchev–Trinajstić information content (AvgIpc) is 2.52. The lowest BCUT2D eigenvalue weighted by molar-refractivity contribution is -0.137. The highest BCUT2D eigenvalue weighted by Gasteiger charge is 2.31. The monoisotopic (exact) mass is 326 g/mol. The van der Waals surface area contributed by atoms with E-state index in [4.69, 9.17) is 5.26 Å². The van der Waals surface area contributed by atoms with Crippen molar-refractivity contribution in [1.29, 1.82) is 5.26 Å². The van der Waals surface area contributed by atoms with Crippen molar-refractivity contribution >= 4 is 5.69 Å². The van der Waals surface area contributed by atoms with Gasteiger partial charge in [0.05, 0.1) is 16.8 Å². The molecule has 0 saturated carbocycles. The van der Waals surface area contributed by atoms with Gasteiger partial charge in [0.25, 0.3) is 0 Å². The minimum atomic E-state index is -4.43. The molecule has 1 aromatic rings. The van der Waals surface area contributed by atoms with E-state index in [9.17, 15) is 13.2 Å². The fourth-order valence-corrected chi connectivity index (χ4v) is 2.62. The lowest BCUT2D eigenvalue weighted by Gasteiger charge is -2.36. The predicted octanol–water partition coefficient (Wildman–Crippen LogP) is 2.62. The molecule has 1 N–H and O–H groups in total. The fraction of sp³-hybridized carbons (Fsp3) is 0.562. The summed E-state index contributed by atoms with van der Waals surface area (Å²) in [4.78, 5) is 4.60. The molecule has 0 aliphatic carbocycles. The number of hydrogen-bond acceptors (Lipinski definition) is 4. The van der Waals surface area contributed by atoms with Crippen molar-refractivity contribution in [3.8, 4) is 6.07 Å². The topological polar surface area (TPSA) is 42.3 Å². The van der Waals surface area contributed by atoms with Gasteiger partial charge in [0.15, 0.2) is 0 Å². The van der Waals surface area contributed by atoms with Gasteiger partial charge in [-0.1, -0.05) is 0 Å². The van der Waals surface area contributed by atoms with E-state index in [1.807, 2.05) is 6.07 Å². The smallest absolute Gasteiger partial charge is 0.382 e. The van der Waals surface area contributed by atoms with Gasteiger partial charge in [0, 0.05) is 38.8 Å². The average molecular weight is 326 g/mol. The van der Waals surface area contributed by atoms with E-state index < -0.39 is 11.7 Å². The number of alkyl halides is 3. The maximum atomic E-state index is 12.7. The van der Waals surface area contributed by atoms with Crippen molar-refractivity contribution in [1.82, 2.24) is 9.80 Å².